The molecule has 0 saturated carbocycles. The SMILES string of the molecule is COc1cccc(C(=O)N[C@@H](C)[C@H](c2cccs2)N2CCN(C)CC2)c1. The summed E-state index contributed by atoms with van der Waals surface area (Å²) in [7, 11) is 3.77. The van der Waals surface area contributed by atoms with Crippen molar-refractivity contribution in [3.63, 3.8) is 0 Å². The predicted molar refractivity (Wildman–Crippen MR) is 106 cm³/mol. The first kappa shape index (κ1) is 18.9. The molecule has 1 aliphatic heterocycles. The van der Waals surface area contributed by atoms with Crippen molar-refractivity contribution in [1.29, 1.82) is 0 Å². The average Bonchev–Trinajstić information content (AvgIpc) is 3.17. The van der Waals surface area contributed by atoms with Crippen LogP contribution in [0.3, 0.4) is 0 Å². The Balaban J connectivity index is 1.74. The highest BCUT2D eigenvalue weighted by molar-refractivity contribution is 7.10. The van der Waals surface area contributed by atoms with Gasteiger partial charge in [0.1, 0.15) is 5.75 Å². The molecule has 0 aliphatic carbocycles. The van der Waals surface area contributed by atoms with Gasteiger partial charge < -0.3 is 15.0 Å². The van der Waals surface area contributed by atoms with E-state index in [9.17, 15) is 4.79 Å². The lowest BCUT2D eigenvalue weighted by molar-refractivity contribution is 0.0799. The first-order valence-electron chi connectivity index (χ1n) is 8.99. The molecule has 2 atom stereocenters. The normalized spacial score (nSPS) is 18.3. The van der Waals surface area contributed by atoms with Crippen molar-refractivity contribution in [3.8, 4) is 5.75 Å². The van der Waals surface area contributed by atoms with Gasteiger partial charge in [0.2, 0.25) is 0 Å². The Hall–Kier alpha value is -1.89. The van der Waals surface area contributed by atoms with Crippen molar-refractivity contribution in [2.45, 2.75) is 19.0 Å². The van der Waals surface area contributed by atoms with Crippen LogP contribution in [0, 0.1) is 0 Å². The number of methoxy groups -OCH3 is 1. The second-order valence-electron chi connectivity index (χ2n) is 6.79. The van der Waals surface area contributed by atoms with E-state index in [2.05, 4.69) is 46.6 Å². The van der Waals surface area contributed by atoms with E-state index in [1.54, 1.807) is 24.5 Å². The van der Waals surface area contributed by atoms with Gasteiger partial charge in [0.25, 0.3) is 5.91 Å². The number of thiophene rings is 1. The lowest BCUT2D eigenvalue weighted by Gasteiger charge is -2.40. The standard InChI is InChI=1S/C20H27N3O2S/c1-15(21-20(24)16-6-4-7-17(14-16)25-3)19(18-8-5-13-26-18)23-11-9-22(2)10-12-23/h4-8,13-15,19H,9-12H2,1-3H3,(H,21,24)/t15-,19+/m0/s1. The summed E-state index contributed by atoms with van der Waals surface area (Å²) < 4.78 is 5.23. The van der Waals surface area contributed by atoms with Crippen molar-refractivity contribution < 1.29 is 9.53 Å². The zero-order valence-electron chi connectivity index (χ0n) is 15.6. The molecule has 1 saturated heterocycles. The molecule has 1 N–H and O–H groups in total. The number of carbonyl (C=O) groups excluding carboxylic acids is 1. The van der Waals surface area contributed by atoms with Gasteiger partial charge in [-0.3, -0.25) is 9.69 Å². The van der Waals surface area contributed by atoms with Crippen LogP contribution in [0.5, 0.6) is 5.75 Å². The summed E-state index contributed by atoms with van der Waals surface area (Å²) in [6.07, 6.45) is 0. The fraction of sp³-hybridized carbons (Fsp3) is 0.450. The zero-order valence-corrected chi connectivity index (χ0v) is 16.5. The predicted octanol–water partition coefficient (Wildman–Crippen LogP) is 2.86. The summed E-state index contributed by atoms with van der Waals surface area (Å²) in [5.41, 5.74) is 0.625. The van der Waals surface area contributed by atoms with Crippen LogP contribution in [-0.2, 0) is 0 Å². The second-order valence-corrected chi connectivity index (χ2v) is 7.77. The minimum absolute atomic E-state index is 0.00996. The molecule has 26 heavy (non-hydrogen) atoms. The molecule has 1 fully saturated rings. The van der Waals surface area contributed by atoms with Gasteiger partial charge in [0, 0.05) is 42.7 Å². The van der Waals surface area contributed by atoms with E-state index < -0.39 is 0 Å². The maximum absolute atomic E-state index is 12.7. The quantitative estimate of drug-likeness (QED) is 0.846. The third-order valence-corrected chi connectivity index (χ3v) is 5.87. The number of hydrogen-bond donors (Lipinski definition) is 1. The van der Waals surface area contributed by atoms with Gasteiger partial charge in [-0.15, -0.1) is 11.3 Å². The van der Waals surface area contributed by atoms with Gasteiger partial charge in [-0.1, -0.05) is 12.1 Å². The number of amides is 1. The monoisotopic (exact) mass is 373 g/mol. The van der Waals surface area contributed by atoms with Crippen LogP contribution in [0.4, 0.5) is 0 Å². The molecule has 1 aromatic heterocycles. The summed E-state index contributed by atoms with van der Waals surface area (Å²) in [5, 5.41) is 5.31. The summed E-state index contributed by atoms with van der Waals surface area (Å²) in [5.74, 6) is 0.631. The number of rotatable bonds is 6. The van der Waals surface area contributed by atoms with E-state index in [-0.39, 0.29) is 18.0 Å². The molecule has 1 aliphatic rings. The molecule has 2 aromatic rings. The van der Waals surface area contributed by atoms with Crippen molar-refractivity contribution in [2.24, 2.45) is 0 Å². The molecule has 2 heterocycles. The van der Waals surface area contributed by atoms with Crippen LogP contribution in [0.15, 0.2) is 41.8 Å². The summed E-state index contributed by atoms with van der Waals surface area (Å²) >= 11 is 1.76. The highest BCUT2D eigenvalue weighted by atomic mass is 32.1. The van der Waals surface area contributed by atoms with Crippen LogP contribution < -0.4 is 10.1 Å². The van der Waals surface area contributed by atoms with Crippen LogP contribution in [0.1, 0.15) is 28.2 Å². The van der Waals surface area contributed by atoms with Crippen LogP contribution in [0.25, 0.3) is 0 Å². The van der Waals surface area contributed by atoms with Crippen LogP contribution in [-0.4, -0.2) is 62.1 Å². The van der Waals surface area contributed by atoms with Gasteiger partial charge in [-0.2, -0.15) is 0 Å². The summed E-state index contributed by atoms with van der Waals surface area (Å²) in [6.45, 7) is 6.23. The fourth-order valence-corrected chi connectivity index (χ4v) is 4.40. The molecular weight excluding hydrogens is 346 g/mol. The molecule has 140 valence electrons. The van der Waals surface area contributed by atoms with E-state index in [0.717, 1.165) is 26.2 Å². The highest BCUT2D eigenvalue weighted by Gasteiger charge is 2.30. The van der Waals surface area contributed by atoms with Crippen molar-refractivity contribution in [3.05, 3.63) is 52.2 Å². The first-order chi connectivity index (χ1) is 12.6. The number of carbonyl (C=O) groups is 1. The number of likely N-dealkylation sites (N-methyl/N-ethyl adjacent to an activating group) is 1. The van der Waals surface area contributed by atoms with Gasteiger partial charge in [0.05, 0.1) is 13.2 Å². The lowest BCUT2D eigenvalue weighted by atomic mass is 10.0. The lowest BCUT2D eigenvalue weighted by Crippen LogP contribution is -2.51. The molecule has 5 nitrogen and oxygen atoms in total. The summed E-state index contributed by atoms with van der Waals surface area (Å²) in [4.78, 5) is 18.9. The number of piperazine rings is 1. The Bertz CT molecular complexity index is 712. The Morgan fingerprint density at radius 2 is 1.96 bits per heavy atom. The summed E-state index contributed by atoms with van der Waals surface area (Å²) in [6, 6.07) is 11.7. The minimum atomic E-state index is -0.0629. The largest absolute Gasteiger partial charge is 0.497 e. The number of benzene rings is 1. The van der Waals surface area contributed by atoms with Gasteiger partial charge in [0.15, 0.2) is 0 Å². The topological polar surface area (TPSA) is 44.8 Å². The molecule has 0 unspecified atom stereocenters. The molecule has 3 rings (SSSR count). The van der Waals surface area contributed by atoms with Crippen molar-refractivity contribution in [2.75, 3.05) is 40.3 Å². The minimum Gasteiger partial charge on any atom is -0.497 e. The second kappa shape index (κ2) is 8.66. The highest BCUT2D eigenvalue weighted by Crippen LogP contribution is 2.29. The van der Waals surface area contributed by atoms with E-state index in [1.807, 2.05) is 18.2 Å². The number of nitrogens with one attached hydrogen (secondary N) is 1. The molecule has 0 radical (unpaired) electrons. The van der Waals surface area contributed by atoms with Crippen LogP contribution >= 0.6 is 11.3 Å². The molecule has 0 spiro atoms. The molecule has 1 aromatic carbocycles. The van der Waals surface area contributed by atoms with E-state index in [4.69, 9.17) is 4.74 Å². The molecule has 1 amide bonds. The van der Waals surface area contributed by atoms with Crippen molar-refractivity contribution in [1.82, 2.24) is 15.1 Å². The molecule has 0 bridgehead atoms. The van der Waals surface area contributed by atoms with Gasteiger partial charge >= 0.3 is 0 Å². The average molecular weight is 374 g/mol. The van der Waals surface area contributed by atoms with Gasteiger partial charge in [-0.25, -0.2) is 0 Å². The van der Waals surface area contributed by atoms with E-state index in [0.29, 0.717) is 11.3 Å². The van der Waals surface area contributed by atoms with Gasteiger partial charge in [-0.05, 0) is 43.6 Å². The third kappa shape index (κ3) is 4.44. The Kier molecular flexibility index (Phi) is 6.29. The first-order valence-corrected chi connectivity index (χ1v) is 9.87. The third-order valence-electron chi connectivity index (χ3n) is 4.93. The smallest absolute Gasteiger partial charge is 0.251 e. The molecular formula is C20H27N3O2S. The Morgan fingerprint density at radius 3 is 2.62 bits per heavy atom. The number of nitrogens with zero attached hydrogens (tertiary/aromatic N) is 2. The zero-order chi connectivity index (χ0) is 18.5. The van der Waals surface area contributed by atoms with Crippen LogP contribution in [0.2, 0.25) is 0 Å². The number of ether oxygens (including phenoxy) is 1. The number of hydrogen-bond acceptors (Lipinski definition) is 5. The van der Waals surface area contributed by atoms with E-state index in [1.165, 1.54) is 4.88 Å². The maximum atomic E-state index is 12.7. The van der Waals surface area contributed by atoms with Crippen molar-refractivity contribution >= 4 is 17.2 Å². The van der Waals surface area contributed by atoms with E-state index >= 15 is 0 Å². The molecule has 6 heteroatoms. The maximum Gasteiger partial charge on any atom is 0.251 e. The fourth-order valence-electron chi connectivity index (χ4n) is 3.44. The Morgan fingerprint density at radius 1 is 1.19 bits per heavy atom. The Labute approximate surface area is 159 Å².